The van der Waals surface area contributed by atoms with Gasteiger partial charge in [-0.1, -0.05) is 48.0 Å². The zero-order chi connectivity index (χ0) is 13.0. The van der Waals surface area contributed by atoms with Crippen LogP contribution in [-0.4, -0.2) is 5.54 Å². The third kappa shape index (κ3) is 3.79. The molecule has 2 N–H and O–H groups in total. The molecule has 1 aliphatic rings. The maximum absolute atomic E-state index is 13.8. The van der Waals surface area contributed by atoms with Crippen LogP contribution in [0.25, 0.3) is 0 Å². The first-order valence-electron chi connectivity index (χ1n) is 6.82. The third-order valence-corrected chi connectivity index (χ3v) is 4.39. The lowest BCUT2D eigenvalue weighted by molar-refractivity contribution is 0.311. The maximum Gasteiger partial charge on any atom is 0.126 e. The molecule has 100 valence electrons. The van der Waals surface area contributed by atoms with Gasteiger partial charge in [-0.15, -0.1) is 0 Å². The van der Waals surface area contributed by atoms with Gasteiger partial charge in [0.1, 0.15) is 5.82 Å². The lowest BCUT2D eigenvalue weighted by Gasteiger charge is -2.31. The molecule has 0 unspecified atom stereocenters. The highest BCUT2D eigenvalue weighted by Crippen LogP contribution is 2.29. The van der Waals surface area contributed by atoms with Crippen molar-refractivity contribution in [3.63, 3.8) is 0 Å². The fourth-order valence-corrected chi connectivity index (χ4v) is 3.25. The van der Waals surface area contributed by atoms with Crippen LogP contribution in [0, 0.1) is 5.82 Å². The summed E-state index contributed by atoms with van der Waals surface area (Å²) < 4.78 is 14.7. The molecule has 1 aromatic carbocycles. The molecule has 0 radical (unpaired) electrons. The topological polar surface area (TPSA) is 26.0 Å². The molecule has 0 bridgehead atoms. The van der Waals surface area contributed by atoms with Crippen LogP contribution >= 0.6 is 15.9 Å². The third-order valence-electron chi connectivity index (χ3n) is 3.90. The average molecular weight is 314 g/mol. The SMILES string of the molecule is NC1(Cc2cc(Br)ccc2F)CCCCCCC1. The van der Waals surface area contributed by atoms with Gasteiger partial charge in [0.15, 0.2) is 0 Å². The summed E-state index contributed by atoms with van der Waals surface area (Å²) >= 11 is 3.40. The Hall–Kier alpha value is -0.410. The summed E-state index contributed by atoms with van der Waals surface area (Å²) in [5, 5.41) is 0. The summed E-state index contributed by atoms with van der Waals surface area (Å²) in [7, 11) is 0. The smallest absolute Gasteiger partial charge is 0.126 e. The van der Waals surface area contributed by atoms with E-state index in [2.05, 4.69) is 15.9 Å². The van der Waals surface area contributed by atoms with Crippen molar-refractivity contribution in [2.24, 2.45) is 5.73 Å². The zero-order valence-corrected chi connectivity index (χ0v) is 12.3. The van der Waals surface area contributed by atoms with Crippen LogP contribution in [0.5, 0.6) is 0 Å². The van der Waals surface area contributed by atoms with Gasteiger partial charge in [0.25, 0.3) is 0 Å². The molecule has 1 saturated carbocycles. The zero-order valence-electron chi connectivity index (χ0n) is 10.7. The first-order valence-corrected chi connectivity index (χ1v) is 7.61. The van der Waals surface area contributed by atoms with E-state index in [1.165, 1.54) is 38.2 Å². The van der Waals surface area contributed by atoms with Crippen LogP contribution in [0.4, 0.5) is 4.39 Å². The standard InChI is InChI=1S/C15H21BrFN/c16-13-6-7-14(17)12(10-13)11-15(18)8-4-2-1-3-5-9-15/h6-7,10H,1-5,8-9,11,18H2. The first kappa shape index (κ1) is 14.0. The van der Waals surface area contributed by atoms with E-state index in [0.29, 0.717) is 6.42 Å². The number of rotatable bonds is 2. The molecular formula is C15H21BrFN. The molecule has 1 fully saturated rings. The van der Waals surface area contributed by atoms with Gasteiger partial charge in [-0.2, -0.15) is 0 Å². The van der Waals surface area contributed by atoms with Crippen molar-refractivity contribution in [1.29, 1.82) is 0 Å². The van der Waals surface area contributed by atoms with E-state index in [4.69, 9.17) is 5.73 Å². The fourth-order valence-electron chi connectivity index (χ4n) is 2.84. The first-order chi connectivity index (χ1) is 8.59. The highest BCUT2D eigenvalue weighted by Gasteiger charge is 2.26. The van der Waals surface area contributed by atoms with Crippen LogP contribution in [0.3, 0.4) is 0 Å². The number of halogens is 2. The van der Waals surface area contributed by atoms with Gasteiger partial charge in [0, 0.05) is 10.0 Å². The van der Waals surface area contributed by atoms with Crippen molar-refractivity contribution in [3.05, 3.63) is 34.1 Å². The molecule has 0 aromatic heterocycles. The van der Waals surface area contributed by atoms with Gasteiger partial charge >= 0.3 is 0 Å². The molecule has 2 rings (SSSR count). The number of hydrogen-bond acceptors (Lipinski definition) is 1. The predicted molar refractivity (Wildman–Crippen MR) is 77.0 cm³/mol. The summed E-state index contributed by atoms with van der Waals surface area (Å²) in [4.78, 5) is 0. The Balaban J connectivity index is 2.11. The van der Waals surface area contributed by atoms with Crippen LogP contribution in [-0.2, 0) is 6.42 Å². The predicted octanol–water partition coefficient (Wildman–Crippen LogP) is 4.57. The van der Waals surface area contributed by atoms with Crippen LogP contribution < -0.4 is 5.73 Å². The number of nitrogens with two attached hydrogens (primary N) is 1. The maximum atomic E-state index is 13.8. The highest BCUT2D eigenvalue weighted by atomic mass is 79.9. The Bertz CT molecular complexity index is 397. The second-order valence-electron chi connectivity index (χ2n) is 5.54. The highest BCUT2D eigenvalue weighted by molar-refractivity contribution is 9.10. The van der Waals surface area contributed by atoms with Gasteiger partial charge < -0.3 is 5.73 Å². The van der Waals surface area contributed by atoms with E-state index < -0.39 is 0 Å². The Morgan fingerprint density at radius 2 is 1.72 bits per heavy atom. The van der Waals surface area contributed by atoms with E-state index in [0.717, 1.165) is 22.9 Å². The molecule has 0 aliphatic heterocycles. The van der Waals surface area contributed by atoms with Crippen molar-refractivity contribution in [2.45, 2.75) is 56.9 Å². The van der Waals surface area contributed by atoms with Gasteiger partial charge in [0.05, 0.1) is 0 Å². The van der Waals surface area contributed by atoms with Crippen molar-refractivity contribution in [3.8, 4) is 0 Å². The minimum absolute atomic E-state index is 0.134. The molecule has 0 amide bonds. The average Bonchev–Trinajstić information content (AvgIpc) is 2.30. The van der Waals surface area contributed by atoms with Crippen molar-refractivity contribution in [2.75, 3.05) is 0 Å². The van der Waals surface area contributed by atoms with Gasteiger partial charge in [0.2, 0.25) is 0 Å². The molecule has 0 heterocycles. The summed E-state index contributed by atoms with van der Waals surface area (Å²) in [6, 6.07) is 5.12. The molecule has 1 aliphatic carbocycles. The second kappa shape index (κ2) is 6.16. The van der Waals surface area contributed by atoms with Crippen LogP contribution in [0.15, 0.2) is 22.7 Å². The van der Waals surface area contributed by atoms with Crippen molar-refractivity contribution < 1.29 is 4.39 Å². The molecule has 1 nitrogen and oxygen atoms in total. The van der Waals surface area contributed by atoms with Crippen molar-refractivity contribution in [1.82, 2.24) is 0 Å². The van der Waals surface area contributed by atoms with E-state index in [1.54, 1.807) is 6.07 Å². The van der Waals surface area contributed by atoms with Gasteiger partial charge in [-0.3, -0.25) is 0 Å². The fraction of sp³-hybridized carbons (Fsp3) is 0.600. The molecular weight excluding hydrogens is 293 g/mol. The molecule has 3 heteroatoms. The summed E-state index contributed by atoms with van der Waals surface area (Å²) in [5.74, 6) is -0.134. The Morgan fingerprint density at radius 1 is 1.11 bits per heavy atom. The van der Waals surface area contributed by atoms with E-state index in [-0.39, 0.29) is 11.4 Å². The summed E-state index contributed by atoms with van der Waals surface area (Å²) in [5.41, 5.74) is 7.02. The molecule has 0 spiro atoms. The van der Waals surface area contributed by atoms with Crippen LogP contribution in [0.2, 0.25) is 0 Å². The van der Waals surface area contributed by atoms with Gasteiger partial charge in [-0.25, -0.2) is 4.39 Å². The minimum Gasteiger partial charge on any atom is -0.325 e. The van der Waals surface area contributed by atoms with Crippen molar-refractivity contribution >= 4 is 15.9 Å². The van der Waals surface area contributed by atoms with E-state index in [9.17, 15) is 4.39 Å². The Labute approximate surface area is 117 Å². The quantitative estimate of drug-likeness (QED) is 0.850. The monoisotopic (exact) mass is 313 g/mol. The lowest BCUT2D eigenvalue weighted by Crippen LogP contribution is -2.42. The Morgan fingerprint density at radius 3 is 2.39 bits per heavy atom. The van der Waals surface area contributed by atoms with E-state index >= 15 is 0 Å². The molecule has 18 heavy (non-hydrogen) atoms. The lowest BCUT2D eigenvalue weighted by atomic mass is 9.80. The summed E-state index contributed by atoms with van der Waals surface area (Å²) in [6.45, 7) is 0. The van der Waals surface area contributed by atoms with E-state index in [1.807, 2.05) is 6.07 Å². The number of hydrogen-bond donors (Lipinski definition) is 1. The number of benzene rings is 1. The largest absolute Gasteiger partial charge is 0.325 e. The molecule has 0 saturated heterocycles. The van der Waals surface area contributed by atoms with Crippen LogP contribution in [0.1, 0.15) is 50.5 Å². The Kier molecular flexibility index (Phi) is 4.79. The second-order valence-corrected chi connectivity index (χ2v) is 6.46. The molecule has 1 aromatic rings. The normalized spacial score (nSPS) is 20.2. The van der Waals surface area contributed by atoms with Gasteiger partial charge in [-0.05, 0) is 43.0 Å². The molecule has 0 atom stereocenters. The summed E-state index contributed by atoms with van der Waals surface area (Å²) in [6.07, 6.45) is 8.87. The minimum atomic E-state index is -0.220.